The molecule has 0 radical (unpaired) electrons. The molecular formula is C27H33ClF2N4O6S2. The lowest BCUT2D eigenvalue weighted by atomic mass is 9.87. The van der Waals surface area contributed by atoms with Crippen molar-refractivity contribution in [3.8, 4) is 11.5 Å². The summed E-state index contributed by atoms with van der Waals surface area (Å²) >= 11 is 6.89. The molecule has 3 aromatic rings. The lowest BCUT2D eigenvalue weighted by Gasteiger charge is -2.32. The first-order valence-electron chi connectivity index (χ1n) is 12.6. The number of methoxy groups -OCH3 is 2. The third-order valence-corrected chi connectivity index (χ3v) is 9.29. The number of benzene rings is 2. The topological polar surface area (TPSA) is 121 Å². The minimum absolute atomic E-state index is 0.0782. The van der Waals surface area contributed by atoms with Gasteiger partial charge in [0.25, 0.3) is 10.0 Å². The zero-order chi connectivity index (χ0) is 31.4. The van der Waals surface area contributed by atoms with E-state index >= 15 is 4.39 Å². The van der Waals surface area contributed by atoms with Crippen molar-refractivity contribution in [2.45, 2.75) is 44.7 Å². The number of hydrogen-bond acceptors (Lipinski definition) is 8. The van der Waals surface area contributed by atoms with Crippen LogP contribution in [0, 0.1) is 16.4 Å². The maximum Gasteiger partial charge on any atom is 0.407 e. The lowest BCUT2D eigenvalue weighted by Crippen LogP contribution is -2.42. The average molecular weight is 647 g/mol. The van der Waals surface area contributed by atoms with E-state index in [1.165, 1.54) is 21.3 Å². The Morgan fingerprint density at radius 3 is 2.43 bits per heavy atom. The van der Waals surface area contributed by atoms with Gasteiger partial charge in [-0.2, -0.15) is 4.39 Å². The fourth-order valence-electron chi connectivity index (χ4n) is 4.17. The first kappa shape index (κ1) is 33.1. The summed E-state index contributed by atoms with van der Waals surface area (Å²) in [6.45, 7) is 5.61. The molecule has 230 valence electrons. The quantitative estimate of drug-likeness (QED) is 0.235. The van der Waals surface area contributed by atoms with Crippen LogP contribution in [0.1, 0.15) is 32.8 Å². The molecule has 0 aliphatic heterocycles. The molecule has 10 nitrogen and oxygen atoms in total. The van der Waals surface area contributed by atoms with Gasteiger partial charge in [-0.25, -0.2) is 26.9 Å². The van der Waals surface area contributed by atoms with Crippen LogP contribution in [0.5, 0.6) is 11.5 Å². The molecule has 42 heavy (non-hydrogen) atoms. The highest BCUT2D eigenvalue weighted by Crippen LogP contribution is 2.36. The Hall–Kier alpha value is -3.36. The van der Waals surface area contributed by atoms with Crippen molar-refractivity contribution in [3.63, 3.8) is 0 Å². The summed E-state index contributed by atoms with van der Waals surface area (Å²) in [6.07, 6.45) is 0.229. The number of carboxylic acid groups (broad SMARTS) is 1. The molecule has 1 aromatic heterocycles. The summed E-state index contributed by atoms with van der Waals surface area (Å²) in [5, 5.41) is 11.3. The number of nitrogens with zero attached hydrogens (tertiary/aromatic N) is 3. The smallest absolute Gasteiger partial charge is 0.407 e. The third kappa shape index (κ3) is 7.92. The molecule has 0 bridgehead atoms. The molecule has 0 spiro atoms. The number of hydrogen-bond donors (Lipinski definition) is 2. The number of carbonyl (C=O) groups is 1. The summed E-state index contributed by atoms with van der Waals surface area (Å²) in [7, 11) is -0.382. The lowest BCUT2D eigenvalue weighted by molar-refractivity contribution is 0.127. The first-order valence-corrected chi connectivity index (χ1v) is 15.2. The Labute approximate surface area is 252 Å². The Bertz CT molecular complexity index is 1530. The summed E-state index contributed by atoms with van der Waals surface area (Å²) in [5.41, 5.74) is 0.248. The first-order chi connectivity index (χ1) is 19.6. The number of ether oxygens (including phenoxy) is 2. The highest BCUT2D eigenvalue weighted by molar-refractivity contribution is 7.93. The number of thiazole rings is 1. The van der Waals surface area contributed by atoms with Crippen molar-refractivity contribution in [2.24, 2.45) is 5.41 Å². The Kier molecular flexibility index (Phi) is 10.5. The van der Waals surface area contributed by atoms with Crippen LogP contribution in [-0.2, 0) is 16.6 Å². The van der Waals surface area contributed by atoms with E-state index in [2.05, 4.69) is 10.3 Å². The van der Waals surface area contributed by atoms with Gasteiger partial charge in [0.1, 0.15) is 22.2 Å². The highest BCUT2D eigenvalue weighted by atomic mass is 35.5. The Balaban J connectivity index is 1.99. The van der Waals surface area contributed by atoms with Gasteiger partial charge in [0.05, 0.1) is 43.7 Å². The predicted molar refractivity (Wildman–Crippen MR) is 159 cm³/mol. The summed E-state index contributed by atoms with van der Waals surface area (Å²) in [5.74, 6) is -0.365. The van der Waals surface area contributed by atoms with Gasteiger partial charge in [-0.3, -0.25) is 0 Å². The second-order valence-corrected chi connectivity index (χ2v) is 13.8. The average Bonchev–Trinajstić information content (AvgIpc) is 3.35. The van der Waals surface area contributed by atoms with Gasteiger partial charge in [0.15, 0.2) is 5.13 Å². The van der Waals surface area contributed by atoms with Crippen LogP contribution in [0.4, 0.5) is 24.4 Å². The molecule has 0 aliphatic carbocycles. The van der Waals surface area contributed by atoms with Crippen molar-refractivity contribution in [3.05, 3.63) is 58.1 Å². The number of anilines is 2. The van der Waals surface area contributed by atoms with Crippen LogP contribution < -0.4 is 19.1 Å². The van der Waals surface area contributed by atoms with Crippen molar-refractivity contribution in [2.75, 3.05) is 37.4 Å². The van der Waals surface area contributed by atoms with Crippen LogP contribution >= 0.6 is 22.9 Å². The third-order valence-electron chi connectivity index (χ3n) is 6.30. The summed E-state index contributed by atoms with van der Waals surface area (Å²) in [4.78, 5) is 15.9. The number of likely N-dealkylation sites (N-methyl/N-ethyl adjacent to an activating group) is 1. The molecule has 0 fully saturated rings. The number of aromatic nitrogens is 1. The Morgan fingerprint density at radius 2 is 1.88 bits per heavy atom. The SMILES string of the molecule is COc1ccc(CN(c2ncc(F)s2)S(=O)(=O)c2cc(Cl)c(NCC(CC(C)(C)C)N(C)C(=O)O)cc2F)c(OC)c1. The van der Waals surface area contributed by atoms with E-state index in [9.17, 15) is 22.7 Å². The van der Waals surface area contributed by atoms with E-state index in [-0.39, 0.29) is 34.3 Å². The van der Waals surface area contributed by atoms with Crippen molar-refractivity contribution in [1.29, 1.82) is 0 Å². The highest BCUT2D eigenvalue weighted by Gasteiger charge is 2.33. The van der Waals surface area contributed by atoms with E-state index in [1.807, 2.05) is 20.8 Å². The number of sulfonamides is 1. The van der Waals surface area contributed by atoms with Gasteiger partial charge in [-0.15, -0.1) is 0 Å². The van der Waals surface area contributed by atoms with Crippen LogP contribution in [-0.4, -0.2) is 63.4 Å². The fraction of sp³-hybridized carbons (Fsp3) is 0.407. The van der Waals surface area contributed by atoms with E-state index < -0.39 is 38.0 Å². The van der Waals surface area contributed by atoms with E-state index in [1.54, 1.807) is 18.2 Å². The van der Waals surface area contributed by atoms with Gasteiger partial charge in [0, 0.05) is 25.2 Å². The van der Waals surface area contributed by atoms with Gasteiger partial charge < -0.3 is 24.8 Å². The molecule has 0 saturated carbocycles. The van der Waals surface area contributed by atoms with Crippen molar-refractivity contribution >= 4 is 49.9 Å². The van der Waals surface area contributed by atoms with Crippen LogP contribution in [0.15, 0.2) is 41.4 Å². The van der Waals surface area contributed by atoms with Crippen molar-refractivity contribution in [1.82, 2.24) is 9.88 Å². The second-order valence-electron chi connectivity index (χ2n) is 10.6. The molecule has 15 heteroatoms. The Morgan fingerprint density at radius 1 is 1.19 bits per heavy atom. The maximum absolute atomic E-state index is 15.5. The molecule has 1 amide bonds. The van der Waals surface area contributed by atoms with Gasteiger partial charge in [-0.1, -0.05) is 43.7 Å². The minimum Gasteiger partial charge on any atom is -0.497 e. The summed E-state index contributed by atoms with van der Waals surface area (Å²) in [6, 6.07) is 6.12. The predicted octanol–water partition coefficient (Wildman–Crippen LogP) is 6.31. The molecular weight excluding hydrogens is 614 g/mol. The number of halogens is 3. The van der Waals surface area contributed by atoms with Gasteiger partial charge >= 0.3 is 6.09 Å². The second kappa shape index (κ2) is 13.3. The molecule has 1 unspecified atom stereocenters. The van der Waals surface area contributed by atoms with Crippen LogP contribution in [0.25, 0.3) is 0 Å². The maximum atomic E-state index is 15.5. The molecule has 2 aromatic carbocycles. The molecule has 3 rings (SSSR count). The van der Waals surface area contributed by atoms with Gasteiger partial charge in [0.2, 0.25) is 5.13 Å². The molecule has 2 N–H and O–H groups in total. The van der Waals surface area contributed by atoms with E-state index in [0.29, 0.717) is 34.8 Å². The van der Waals surface area contributed by atoms with Crippen LogP contribution in [0.2, 0.25) is 5.02 Å². The monoisotopic (exact) mass is 646 g/mol. The summed E-state index contributed by atoms with van der Waals surface area (Å²) < 4.78 is 68.5. The van der Waals surface area contributed by atoms with Gasteiger partial charge in [-0.05, 0) is 36.1 Å². The number of nitrogens with one attached hydrogen (secondary N) is 1. The normalized spacial score (nSPS) is 12.5. The van der Waals surface area contributed by atoms with Crippen LogP contribution in [0.3, 0.4) is 0 Å². The van der Waals surface area contributed by atoms with E-state index in [4.69, 9.17) is 21.1 Å². The fourth-order valence-corrected chi connectivity index (χ4v) is 6.80. The zero-order valence-corrected chi connectivity index (χ0v) is 26.3. The largest absolute Gasteiger partial charge is 0.497 e. The minimum atomic E-state index is -4.67. The number of rotatable bonds is 12. The number of amides is 1. The zero-order valence-electron chi connectivity index (χ0n) is 23.9. The molecule has 0 aliphatic rings. The van der Waals surface area contributed by atoms with Crippen molar-refractivity contribution < 1.29 is 36.6 Å². The molecule has 0 saturated heterocycles. The standard InChI is InChI=1S/C27H33ClF2N4O6S2/c1-27(2,3)12-17(33(4)26(35)36)13-31-21-11-20(29)23(10-19(21)28)42(37,38)34(25-32-14-24(30)41-25)15-16-7-8-18(39-5)9-22(16)40-6/h7-11,14,17,31H,12-13,15H2,1-6H3,(H,35,36). The molecule has 1 atom stereocenters. The van der Waals surface area contributed by atoms with E-state index in [0.717, 1.165) is 27.5 Å². The molecule has 1 heterocycles.